The van der Waals surface area contributed by atoms with Gasteiger partial charge in [0.25, 0.3) is 5.91 Å². The van der Waals surface area contributed by atoms with E-state index in [0.717, 1.165) is 24.2 Å². The van der Waals surface area contributed by atoms with Crippen molar-refractivity contribution in [3.8, 4) is 0 Å². The number of anilines is 3. The lowest BCUT2D eigenvalue weighted by atomic mass is 10.2. The van der Waals surface area contributed by atoms with Crippen molar-refractivity contribution < 1.29 is 11.6 Å². The highest BCUT2D eigenvalue weighted by Gasteiger charge is 2.19. The van der Waals surface area contributed by atoms with Crippen LogP contribution in [0.25, 0.3) is 10.9 Å². The first-order valence-corrected chi connectivity index (χ1v) is 8.33. The quantitative estimate of drug-likeness (QED) is 0.500. The Bertz CT molecular complexity index is 1160. The van der Waals surface area contributed by atoms with Crippen molar-refractivity contribution in [3.63, 3.8) is 0 Å². The molecule has 0 radical (unpaired) electrons. The molecule has 4 rings (SSSR count). The summed E-state index contributed by atoms with van der Waals surface area (Å²) >= 11 is 0. The predicted molar refractivity (Wildman–Crippen MR) is 102 cm³/mol. The van der Waals surface area contributed by atoms with Gasteiger partial charge in [0.1, 0.15) is 0 Å². The van der Waals surface area contributed by atoms with Crippen LogP contribution in [0, 0.1) is 0 Å². The molecule has 1 fully saturated rings. The van der Waals surface area contributed by atoms with Crippen LogP contribution in [-0.4, -0.2) is 50.0 Å². The third-order valence-corrected chi connectivity index (χ3v) is 4.25. The maximum absolute atomic E-state index is 11.8. The van der Waals surface area contributed by atoms with Crippen LogP contribution in [0.3, 0.4) is 0 Å². The number of amides is 1. The van der Waals surface area contributed by atoms with E-state index in [2.05, 4.69) is 36.2 Å². The largest absolute Gasteiger partial charge is 0.364 e. The molecule has 3 aromatic rings. The second kappa shape index (κ2) is 7.16. The lowest BCUT2D eigenvalue weighted by molar-refractivity contribution is 0.0995. The molecule has 1 aliphatic rings. The van der Waals surface area contributed by atoms with Crippen LogP contribution in [0.1, 0.15) is 30.6 Å². The second-order valence-electron chi connectivity index (χ2n) is 6.10. The zero-order chi connectivity index (χ0) is 23.1. The maximum Gasteiger partial charge on any atom is 0.273 e. The Labute approximate surface area is 162 Å². The normalized spacial score (nSPS) is 20.3. The third kappa shape index (κ3) is 3.51. The minimum absolute atomic E-state index is 0.102. The number of carbonyl (C=O) groups excluding carboxylic acids is 1. The van der Waals surface area contributed by atoms with Gasteiger partial charge in [0.2, 0.25) is 5.95 Å². The Morgan fingerprint density at radius 2 is 2.44 bits per heavy atom. The number of aryl methyl sites for hydroxylation is 1. The van der Waals surface area contributed by atoms with E-state index in [0.29, 0.717) is 16.6 Å². The number of hydrogen-bond acceptors (Lipinski definition) is 8. The van der Waals surface area contributed by atoms with Gasteiger partial charge in [-0.05, 0) is 38.0 Å². The molecule has 27 heavy (non-hydrogen) atoms. The van der Waals surface area contributed by atoms with Gasteiger partial charge in [0.05, 0.1) is 14.5 Å². The van der Waals surface area contributed by atoms with Crippen LogP contribution in [0.4, 0.5) is 17.5 Å². The Balaban J connectivity index is 1.64. The van der Waals surface area contributed by atoms with E-state index in [1.165, 1.54) is 12.3 Å². The summed E-state index contributed by atoms with van der Waals surface area (Å²) in [5.74, 6) is -0.460. The average molecular weight is 372 g/mol. The van der Waals surface area contributed by atoms with Gasteiger partial charge in [-0.3, -0.25) is 9.48 Å². The topological polar surface area (TPSA) is 136 Å². The average Bonchev–Trinajstić information content (AvgIpc) is 3.36. The van der Waals surface area contributed by atoms with E-state index in [1.807, 2.05) is 0 Å². The van der Waals surface area contributed by atoms with Crippen LogP contribution >= 0.6 is 0 Å². The van der Waals surface area contributed by atoms with Crippen molar-refractivity contribution in [2.24, 2.45) is 5.73 Å². The summed E-state index contributed by atoms with van der Waals surface area (Å²) in [5.41, 5.74) is 6.04. The number of nitrogens with one attached hydrogen (secondary N) is 3. The zero-order valence-corrected chi connectivity index (χ0v) is 14.2. The number of nitrogens with two attached hydrogens (primary N) is 1. The fraction of sp³-hybridized carbons (Fsp3) is 0.353. The fourth-order valence-electron chi connectivity index (χ4n) is 2.94. The van der Waals surface area contributed by atoms with Gasteiger partial charge in [-0.1, -0.05) is 0 Å². The Kier molecular flexibility index (Phi) is 3.23. The second-order valence-corrected chi connectivity index (χ2v) is 6.10. The minimum atomic E-state index is -2.90. The molecule has 1 saturated heterocycles. The van der Waals surface area contributed by atoms with Crippen molar-refractivity contribution in [2.75, 3.05) is 23.7 Å². The first kappa shape index (κ1) is 12.2. The molecule has 10 nitrogen and oxygen atoms in total. The Morgan fingerprint density at radius 3 is 3.22 bits per heavy atom. The molecule has 0 spiro atoms. The number of primary amides is 1. The van der Waals surface area contributed by atoms with E-state index in [1.54, 1.807) is 12.1 Å². The lowest BCUT2D eigenvalue weighted by Crippen LogP contribution is -2.25. The first-order chi connectivity index (χ1) is 15.1. The van der Waals surface area contributed by atoms with E-state index in [-0.39, 0.29) is 23.5 Å². The summed E-state index contributed by atoms with van der Waals surface area (Å²) < 4.78 is 39.1. The lowest BCUT2D eigenvalue weighted by Gasteiger charge is -2.13. The highest BCUT2D eigenvalue weighted by molar-refractivity contribution is 5.96. The molecule has 0 saturated carbocycles. The maximum atomic E-state index is 11.8. The van der Waals surface area contributed by atoms with Gasteiger partial charge in [-0.2, -0.15) is 10.1 Å². The molecule has 10 heteroatoms. The van der Waals surface area contributed by atoms with Crippen LogP contribution < -0.4 is 21.7 Å². The van der Waals surface area contributed by atoms with Crippen molar-refractivity contribution >= 4 is 34.3 Å². The van der Waals surface area contributed by atoms with Crippen LogP contribution in [0.2, 0.25) is 0 Å². The Hall–Kier alpha value is -3.27. The van der Waals surface area contributed by atoms with Crippen LogP contribution in [-0.2, 0) is 6.50 Å². The van der Waals surface area contributed by atoms with Gasteiger partial charge < -0.3 is 21.7 Å². The van der Waals surface area contributed by atoms with Crippen molar-refractivity contribution in [1.82, 2.24) is 30.3 Å². The number of hydrogen-bond donors (Lipinski definition) is 4. The number of benzene rings is 1. The van der Waals surface area contributed by atoms with Crippen LogP contribution in [0.5, 0.6) is 0 Å². The Morgan fingerprint density at radius 1 is 1.52 bits per heavy atom. The van der Waals surface area contributed by atoms with E-state index >= 15 is 0 Å². The zero-order valence-electron chi connectivity index (χ0n) is 19.2. The van der Waals surface area contributed by atoms with Crippen molar-refractivity contribution in [3.05, 3.63) is 30.1 Å². The number of carbonyl (C=O) groups is 1. The van der Waals surface area contributed by atoms with E-state index < -0.39 is 19.3 Å². The van der Waals surface area contributed by atoms with Gasteiger partial charge in [0.15, 0.2) is 11.5 Å². The molecular weight excluding hydrogens is 346 g/mol. The van der Waals surface area contributed by atoms with Gasteiger partial charge in [0, 0.05) is 34.3 Å². The first-order valence-electron chi connectivity index (χ1n) is 10.8. The number of rotatable bonds is 6. The van der Waals surface area contributed by atoms with Crippen LogP contribution in [0.15, 0.2) is 24.4 Å². The molecule has 0 bridgehead atoms. The van der Waals surface area contributed by atoms with Gasteiger partial charge in [-0.15, -0.1) is 10.2 Å². The molecule has 3 heterocycles. The SMILES string of the molecule is [2H]C([2H])([2H])C([2H])([2H])n1ncc2cc(Nc3nc(N[C@@H]4CCNC4)nnc3C(N)=O)ccc21. The smallest absolute Gasteiger partial charge is 0.273 e. The fourth-order valence-corrected chi connectivity index (χ4v) is 2.94. The standard InChI is InChI=1S/C17H21N9O/c1-2-26-13-4-3-11(7-10(13)8-20-26)21-16-14(15(18)27)24-25-17(23-16)22-12-5-6-19-9-12/h3-4,7-8,12,19H,2,5-6,9H2,1H3,(H2,18,27)(H2,21,22,23,25)/t12-/m1/s1/i1D3,2D2. The highest BCUT2D eigenvalue weighted by atomic mass is 16.1. The molecule has 1 atom stereocenters. The summed E-state index contributed by atoms with van der Waals surface area (Å²) in [4.78, 5) is 16.1. The molecule has 140 valence electrons. The molecule has 0 aliphatic carbocycles. The van der Waals surface area contributed by atoms with Crippen molar-refractivity contribution in [1.29, 1.82) is 0 Å². The van der Waals surface area contributed by atoms with E-state index in [4.69, 9.17) is 12.6 Å². The van der Waals surface area contributed by atoms with Gasteiger partial charge in [-0.25, -0.2) is 0 Å². The third-order valence-electron chi connectivity index (χ3n) is 4.25. The molecule has 1 aromatic carbocycles. The molecule has 1 amide bonds. The molecule has 2 aromatic heterocycles. The van der Waals surface area contributed by atoms with Gasteiger partial charge >= 0.3 is 0 Å². The summed E-state index contributed by atoms with van der Waals surface area (Å²) in [6, 6.07) is 4.86. The summed E-state index contributed by atoms with van der Waals surface area (Å²) in [6.45, 7) is -3.95. The number of nitrogens with zero attached hydrogens (tertiary/aromatic N) is 5. The number of fused-ring (bicyclic) bond motifs is 1. The van der Waals surface area contributed by atoms with E-state index in [9.17, 15) is 4.79 Å². The minimum Gasteiger partial charge on any atom is -0.364 e. The molecule has 0 unspecified atom stereocenters. The molecule has 5 N–H and O–H groups in total. The predicted octanol–water partition coefficient (Wildman–Crippen LogP) is 0.857. The molecular formula is C17H21N9O. The number of aromatic nitrogens is 5. The highest BCUT2D eigenvalue weighted by Crippen LogP contribution is 2.23. The molecule has 1 aliphatic heterocycles. The summed E-state index contributed by atoms with van der Waals surface area (Å²) in [5, 5.41) is 21.6. The van der Waals surface area contributed by atoms with Crippen molar-refractivity contribution in [2.45, 2.75) is 25.8 Å². The monoisotopic (exact) mass is 372 g/mol. The summed E-state index contributed by atoms with van der Waals surface area (Å²) in [6.07, 6.45) is 2.26. The summed E-state index contributed by atoms with van der Waals surface area (Å²) in [7, 11) is 0.